The maximum absolute atomic E-state index is 11.2. The van der Waals surface area contributed by atoms with Crippen LogP contribution >= 0.6 is 0 Å². The fourth-order valence-electron chi connectivity index (χ4n) is 1.26. The molecule has 0 bridgehead atoms. The number of nitrogens with zero attached hydrogens (tertiary/aromatic N) is 3. The summed E-state index contributed by atoms with van der Waals surface area (Å²) in [5.74, 6) is 0.725. The maximum Gasteiger partial charge on any atom is 0.241 e. The first-order chi connectivity index (χ1) is 6.36. The molecule has 5 nitrogen and oxygen atoms in total. The third kappa shape index (κ3) is 1.74. The second kappa shape index (κ2) is 3.38. The zero-order chi connectivity index (χ0) is 9.10. The van der Waals surface area contributed by atoms with Crippen LogP contribution in [0.4, 0.5) is 5.82 Å². The average Bonchev–Trinajstić information content (AvgIpc) is 2.54. The van der Waals surface area contributed by atoms with Crippen LogP contribution < -0.4 is 5.43 Å². The molecule has 68 valence electrons. The Balaban J connectivity index is 2.02. The Morgan fingerprint density at radius 2 is 2.38 bits per heavy atom. The summed E-state index contributed by atoms with van der Waals surface area (Å²) in [4.78, 5) is 19.1. The van der Waals surface area contributed by atoms with Gasteiger partial charge in [0.25, 0.3) is 0 Å². The third-order valence-electron chi connectivity index (χ3n) is 1.89. The topological polar surface area (TPSA) is 58.1 Å². The Labute approximate surface area is 75.8 Å². The molecule has 0 aliphatic carbocycles. The highest BCUT2D eigenvalue weighted by Crippen LogP contribution is 2.10. The van der Waals surface area contributed by atoms with Gasteiger partial charge in [-0.3, -0.25) is 20.2 Å². The summed E-state index contributed by atoms with van der Waals surface area (Å²) >= 11 is 0. The maximum atomic E-state index is 11.2. The number of carbonyl (C=O) groups excluding carboxylic acids is 1. The van der Waals surface area contributed by atoms with E-state index in [-0.39, 0.29) is 5.91 Å². The van der Waals surface area contributed by atoms with Crippen LogP contribution in [0, 0.1) is 0 Å². The van der Waals surface area contributed by atoms with E-state index in [0.717, 1.165) is 13.0 Å². The molecule has 1 saturated heterocycles. The summed E-state index contributed by atoms with van der Waals surface area (Å²) in [5.41, 5.74) is 2.90. The van der Waals surface area contributed by atoms with Gasteiger partial charge in [-0.1, -0.05) is 0 Å². The number of aromatic nitrogens is 2. The lowest BCUT2D eigenvalue weighted by atomic mass is 10.4. The van der Waals surface area contributed by atoms with Crippen molar-refractivity contribution in [3.63, 3.8) is 0 Å². The molecule has 1 amide bonds. The van der Waals surface area contributed by atoms with Crippen molar-refractivity contribution in [3.8, 4) is 0 Å². The number of nitrogens with one attached hydrogen (secondary N) is 1. The molecule has 2 rings (SSSR count). The van der Waals surface area contributed by atoms with E-state index in [1.54, 1.807) is 23.6 Å². The van der Waals surface area contributed by atoms with Crippen molar-refractivity contribution in [1.82, 2.24) is 15.0 Å². The first-order valence-corrected chi connectivity index (χ1v) is 4.19. The minimum atomic E-state index is 0.116. The van der Waals surface area contributed by atoms with E-state index >= 15 is 0 Å². The van der Waals surface area contributed by atoms with Gasteiger partial charge in [-0.05, 0) is 6.42 Å². The molecular weight excluding hydrogens is 168 g/mol. The van der Waals surface area contributed by atoms with Crippen molar-refractivity contribution in [2.45, 2.75) is 12.8 Å². The third-order valence-corrected chi connectivity index (χ3v) is 1.89. The summed E-state index contributed by atoms with van der Waals surface area (Å²) in [7, 11) is 0. The summed E-state index contributed by atoms with van der Waals surface area (Å²) in [6.07, 6.45) is 6.30. The smallest absolute Gasteiger partial charge is 0.241 e. The quantitative estimate of drug-likeness (QED) is 0.713. The van der Waals surface area contributed by atoms with Crippen LogP contribution in [0.1, 0.15) is 12.8 Å². The fourth-order valence-corrected chi connectivity index (χ4v) is 1.26. The molecule has 1 aliphatic heterocycles. The number of rotatable bonds is 2. The molecular formula is C8H10N4O. The first-order valence-electron chi connectivity index (χ1n) is 4.19. The van der Waals surface area contributed by atoms with Crippen molar-refractivity contribution < 1.29 is 4.79 Å². The minimum absolute atomic E-state index is 0.116. The largest absolute Gasteiger partial charge is 0.278 e. The van der Waals surface area contributed by atoms with Crippen molar-refractivity contribution in [2.75, 3.05) is 12.0 Å². The average molecular weight is 178 g/mol. The highest BCUT2D eigenvalue weighted by molar-refractivity contribution is 5.79. The number of hydrogen-bond donors (Lipinski definition) is 1. The van der Waals surface area contributed by atoms with Crippen molar-refractivity contribution in [3.05, 3.63) is 18.6 Å². The molecule has 1 aromatic rings. The van der Waals surface area contributed by atoms with E-state index in [1.165, 1.54) is 0 Å². The number of hydrogen-bond acceptors (Lipinski definition) is 4. The van der Waals surface area contributed by atoms with Gasteiger partial charge in [0.05, 0.1) is 6.20 Å². The van der Waals surface area contributed by atoms with E-state index in [0.29, 0.717) is 12.2 Å². The molecule has 0 atom stereocenters. The number of carbonyl (C=O) groups is 1. The van der Waals surface area contributed by atoms with Gasteiger partial charge in [-0.15, -0.1) is 0 Å². The number of anilines is 1. The van der Waals surface area contributed by atoms with Gasteiger partial charge in [-0.2, -0.15) is 0 Å². The van der Waals surface area contributed by atoms with Crippen LogP contribution in [-0.2, 0) is 4.79 Å². The molecule has 0 saturated carbocycles. The van der Waals surface area contributed by atoms with Gasteiger partial charge < -0.3 is 0 Å². The number of amides is 1. The van der Waals surface area contributed by atoms with Crippen LogP contribution in [0.3, 0.4) is 0 Å². The Kier molecular flexibility index (Phi) is 2.08. The highest BCUT2D eigenvalue weighted by Gasteiger charge is 2.19. The van der Waals surface area contributed by atoms with E-state index in [1.807, 2.05) is 0 Å². The molecule has 0 aromatic carbocycles. The minimum Gasteiger partial charge on any atom is -0.278 e. The summed E-state index contributed by atoms with van der Waals surface area (Å²) in [6.45, 7) is 0.745. The van der Waals surface area contributed by atoms with Crippen LogP contribution in [0.2, 0.25) is 0 Å². The molecule has 1 aliphatic rings. The second-order valence-electron chi connectivity index (χ2n) is 2.85. The molecule has 0 spiro atoms. The molecule has 2 heterocycles. The van der Waals surface area contributed by atoms with Gasteiger partial charge in [-0.25, -0.2) is 4.98 Å². The van der Waals surface area contributed by atoms with E-state index in [4.69, 9.17) is 0 Å². The Morgan fingerprint density at radius 3 is 3.00 bits per heavy atom. The highest BCUT2D eigenvalue weighted by atomic mass is 16.2. The van der Waals surface area contributed by atoms with E-state index < -0.39 is 0 Å². The molecule has 1 fully saturated rings. The Bertz CT molecular complexity index is 300. The second-order valence-corrected chi connectivity index (χ2v) is 2.85. The Morgan fingerprint density at radius 1 is 1.46 bits per heavy atom. The molecule has 0 radical (unpaired) electrons. The monoisotopic (exact) mass is 178 g/mol. The lowest BCUT2D eigenvalue weighted by Crippen LogP contribution is -2.31. The Hall–Kier alpha value is -1.65. The lowest BCUT2D eigenvalue weighted by Gasteiger charge is -2.16. The van der Waals surface area contributed by atoms with E-state index in [2.05, 4.69) is 15.4 Å². The van der Waals surface area contributed by atoms with Gasteiger partial charge >= 0.3 is 0 Å². The van der Waals surface area contributed by atoms with Gasteiger partial charge in [0.1, 0.15) is 0 Å². The SMILES string of the molecule is O=C1CCCN1Nc1cnccn1. The normalized spacial score (nSPS) is 16.3. The van der Waals surface area contributed by atoms with Crippen LogP contribution in [-0.4, -0.2) is 27.4 Å². The van der Waals surface area contributed by atoms with Crippen molar-refractivity contribution >= 4 is 11.7 Å². The van der Waals surface area contributed by atoms with Gasteiger partial charge in [0.2, 0.25) is 5.91 Å². The van der Waals surface area contributed by atoms with Crippen LogP contribution in [0.15, 0.2) is 18.6 Å². The summed E-state index contributed by atoms with van der Waals surface area (Å²) in [5, 5.41) is 1.57. The lowest BCUT2D eigenvalue weighted by molar-refractivity contribution is -0.126. The van der Waals surface area contributed by atoms with Gasteiger partial charge in [0.15, 0.2) is 5.82 Å². The molecule has 1 aromatic heterocycles. The summed E-state index contributed by atoms with van der Waals surface area (Å²) < 4.78 is 0. The van der Waals surface area contributed by atoms with E-state index in [9.17, 15) is 4.79 Å². The van der Waals surface area contributed by atoms with Crippen LogP contribution in [0.25, 0.3) is 0 Å². The molecule has 5 heteroatoms. The molecule has 0 unspecified atom stereocenters. The van der Waals surface area contributed by atoms with Crippen LogP contribution in [0.5, 0.6) is 0 Å². The van der Waals surface area contributed by atoms with Gasteiger partial charge in [0, 0.05) is 25.4 Å². The van der Waals surface area contributed by atoms with Crippen molar-refractivity contribution in [1.29, 1.82) is 0 Å². The molecule has 13 heavy (non-hydrogen) atoms. The predicted octanol–water partition coefficient (Wildman–Crippen LogP) is 0.426. The zero-order valence-electron chi connectivity index (χ0n) is 7.10. The van der Waals surface area contributed by atoms with Crippen molar-refractivity contribution in [2.24, 2.45) is 0 Å². The fraction of sp³-hybridized carbons (Fsp3) is 0.375. The number of hydrazine groups is 1. The first kappa shape index (κ1) is 7.97. The molecule has 1 N–H and O–H groups in total. The summed E-state index contributed by atoms with van der Waals surface area (Å²) in [6, 6.07) is 0. The predicted molar refractivity (Wildman–Crippen MR) is 46.6 cm³/mol. The standard InChI is InChI=1S/C8H10N4O/c13-8-2-1-5-12(8)11-7-6-9-3-4-10-7/h3-4,6H,1-2,5H2,(H,10,11). The zero-order valence-corrected chi connectivity index (χ0v) is 7.10.